The van der Waals surface area contributed by atoms with E-state index in [1.165, 1.54) is 46.5 Å². The Bertz CT molecular complexity index is 629. The van der Waals surface area contributed by atoms with Gasteiger partial charge >= 0.3 is 0 Å². The summed E-state index contributed by atoms with van der Waals surface area (Å²) >= 11 is 0. The van der Waals surface area contributed by atoms with Crippen molar-refractivity contribution in [2.45, 2.75) is 53.1 Å². The molecule has 0 atom stereocenters. The highest BCUT2D eigenvalue weighted by Gasteiger charge is 2.22. The molecule has 3 heteroatoms. The lowest BCUT2D eigenvalue weighted by molar-refractivity contribution is 0.515. The number of benzene rings is 1. The van der Waals surface area contributed by atoms with Gasteiger partial charge in [0.1, 0.15) is 5.82 Å². The molecule has 2 N–H and O–H groups in total. The van der Waals surface area contributed by atoms with Crippen molar-refractivity contribution in [2.24, 2.45) is 5.73 Å². The highest BCUT2D eigenvalue weighted by molar-refractivity contribution is 5.70. The van der Waals surface area contributed by atoms with Crippen LogP contribution in [0, 0.1) is 20.8 Å². The summed E-state index contributed by atoms with van der Waals surface area (Å²) in [6.45, 7) is 8.12. The monoisotopic (exact) mass is 269 g/mol. The van der Waals surface area contributed by atoms with Gasteiger partial charge in [0.2, 0.25) is 0 Å². The minimum atomic E-state index is 0.525. The van der Waals surface area contributed by atoms with Gasteiger partial charge in [0.05, 0.1) is 12.2 Å². The molecule has 0 fully saturated rings. The third-order valence-electron chi connectivity index (χ3n) is 4.29. The zero-order valence-electron chi connectivity index (χ0n) is 12.7. The van der Waals surface area contributed by atoms with Gasteiger partial charge in [0, 0.05) is 17.8 Å². The van der Waals surface area contributed by atoms with Crippen molar-refractivity contribution < 1.29 is 0 Å². The summed E-state index contributed by atoms with van der Waals surface area (Å²) in [5.41, 5.74) is 13.7. The second kappa shape index (κ2) is 5.06. The first-order valence-electron chi connectivity index (χ1n) is 7.48. The van der Waals surface area contributed by atoms with E-state index in [4.69, 9.17) is 10.7 Å². The maximum Gasteiger partial charge on any atom is 0.123 e. The van der Waals surface area contributed by atoms with Gasteiger partial charge in [-0.25, -0.2) is 4.98 Å². The Morgan fingerprint density at radius 2 is 1.85 bits per heavy atom. The number of aryl methyl sites for hydroxylation is 3. The van der Waals surface area contributed by atoms with Crippen LogP contribution >= 0.6 is 0 Å². The van der Waals surface area contributed by atoms with Crippen LogP contribution in [-0.2, 0) is 19.5 Å². The van der Waals surface area contributed by atoms with Crippen LogP contribution < -0.4 is 5.73 Å². The van der Waals surface area contributed by atoms with Crippen molar-refractivity contribution in [2.75, 3.05) is 0 Å². The molecule has 1 aliphatic heterocycles. The van der Waals surface area contributed by atoms with Crippen molar-refractivity contribution in [1.29, 1.82) is 0 Å². The van der Waals surface area contributed by atoms with Crippen LogP contribution in [0.1, 0.15) is 41.1 Å². The van der Waals surface area contributed by atoms with Gasteiger partial charge < -0.3 is 10.3 Å². The van der Waals surface area contributed by atoms with Crippen molar-refractivity contribution >= 4 is 0 Å². The minimum Gasteiger partial charge on any atom is -0.330 e. The first-order chi connectivity index (χ1) is 9.61. The number of fused-ring (bicyclic) bond motifs is 1. The second-order valence-corrected chi connectivity index (χ2v) is 5.91. The molecule has 2 heterocycles. The van der Waals surface area contributed by atoms with Crippen LogP contribution in [0.4, 0.5) is 0 Å². The summed E-state index contributed by atoms with van der Waals surface area (Å²) in [6.07, 6.45) is 3.61. The van der Waals surface area contributed by atoms with E-state index in [0.29, 0.717) is 6.54 Å². The van der Waals surface area contributed by atoms with Gasteiger partial charge in [0.15, 0.2) is 0 Å². The topological polar surface area (TPSA) is 43.8 Å². The summed E-state index contributed by atoms with van der Waals surface area (Å²) in [6, 6.07) is 4.50. The van der Waals surface area contributed by atoms with E-state index < -0.39 is 0 Å². The number of hydrogen-bond donors (Lipinski definition) is 1. The molecule has 106 valence electrons. The lowest BCUT2D eigenvalue weighted by Crippen LogP contribution is -2.15. The number of nitrogens with two attached hydrogens (primary N) is 1. The summed E-state index contributed by atoms with van der Waals surface area (Å²) < 4.78 is 2.34. The Kier molecular flexibility index (Phi) is 3.38. The standard InChI is InChI=1S/C17H23N3/c1-11-8-12(2)16(13(3)9-11)17-14-6-4-5-7-20(14)15(10-18)19-17/h8-9H,4-7,10,18H2,1-3H3. The van der Waals surface area contributed by atoms with Crippen LogP contribution in [0.15, 0.2) is 12.1 Å². The third kappa shape index (κ3) is 2.06. The molecule has 0 bridgehead atoms. The zero-order valence-corrected chi connectivity index (χ0v) is 12.7. The van der Waals surface area contributed by atoms with E-state index in [-0.39, 0.29) is 0 Å². The highest BCUT2D eigenvalue weighted by Crippen LogP contribution is 2.33. The van der Waals surface area contributed by atoms with Crippen molar-refractivity contribution in [3.05, 3.63) is 40.3 Å². The van der Waals surface area contributed by atoms with Gasteiger partial charge in [-0.1, -0.05) is 17.7 Å². The fourth-order valence-corrected chi connectivity index (χ4v) is 3.53. The molecule has 1 aliphatic rings. The Hall–Kier alpha value is -1.61. The van der Waals surface area contributed by atoms with E-state index in [0.717, 1.165) is 18.8 Å². The average Bonchev–Trinajstić information content (AvgIpc) is 2.77. The fourth-order valence-electron chi connectivity index (χ4n) is 3.53. The smallest absolute Gasteiger partial charge is 0.123 e. The molecule has 0 aliphatic carbocycles. The molecule has 1 aromatic carbocycles. The molecule has 3 nitrogen and oxygen atoms in total. The molecule has 0 saturated heterocycles. The summed E-state index contributed by atoms with van der Waals surface area (Å²) in [5.74, 6) is 1.04. The van der Waals surface area contributed by atoms with Gasteiger partial charge in [-0.2, -0.15) is 0 Å². The maximum atomic E-state index is 5.88. The van der Waals surface area contributed by atoms with Crippen LogP contribution in [0.25, 0.3) is 11.3 Å². The van der Waals surface area contributed by atoms with Crippen LogP contribution in [-0.4, -0.2) is 9.55 Å². The molecule has 1 aromatic heterocycles. The largest absolute Gasteiger partial charge is 0.330 e. The zero-order chi connectivity index (χ0) is 14.3. The second-order valence-electron chi connectivity index (χ2n) is 5.91. The van der Waals surface area contributed by atoms with Gasteiger partial charge in [-0.15, -0.1) is 0 Å². The molecule has 3 rings (SSSR count). The first kappa shape index (κ1) is 13.4. The Morgan fingerprint density at radius 1 is 1.15 bits per heavy atom. The van der Waals surface area contributed by atoms with E-state index in [1.54, 1.807) is 0 Å². The Morgan fingerprint density at radius 3 is 2.50 bits per heavy atom. The Labute approximate surface area is 120 Å². The molecule has 0 spiro atoms. The van der Waals surface area contributed by atoms with Crippen LogP contribution in [0.5, 0.6) is 0 Å². The predicted molar refractivity (Wildman–Crippen MR) is 82.7 cm³/mol. The molecule has 0 radical (unpaired) electrons. The normalized spacial score (nSPS) is 14.4. The SMILES string of the molecule is Cc1cc(C)c(-c2nc(CN)n3c2CCCC3)c(C)c1. The fraction of sp³-hybridized carbons (Fsp3) is 0.471. The van der Waals surface area contributed by atoms with E-state index >= 15 is 0 Å². The number of nitrogens with zero attached hydrogens (tertiary/aromatic N) is 2. The summed E-state index contributed by atoms with van der Waals surface area (Å²) in [5, 5.41) is 0. The minimum absolute atomic E-state index is 0.525. The third-order valence-corrected chi connectivity index (χ3v) is 4.29. The highest BCUT2D eigenvalue weighted by atomic mass is 15.1. The van der Waals surface area contributed by atoms with E-state index in [2.05, 4.69) is 37.5 Å². The van der Waals surface area contributed by atoms with Crippen molar-refractivity contribution in [3.63, 3.8) is 0 Å². The van der Waals surface area contributed by atoms with Crippen LogP contribution in [0.2, 0.25) is 0 Å². The van der Waals surface area contributed by atoms with Crippen LogP contribution in [0.3, 0.4) is 0 Å². The lowest BCUT2D eigenvalue weighted by atomic mass is 9.94. The van der Waals surface area contributed by atoms with E-state index in [1.807, 2.05) is 0 Å². The summed E-state index contributed by atoms with van der Waals surface area (Å²) in [7, 11) is 0. The predicted octanol–water partition coefficient (Wildman–Crippen LogP) is 3.27. The average molecular weight is 269 g/mol. The molecular weight excluding hydrogens is 246 g/mol. The molecule has 0 amide bonds. The van der Waals surface area contributed by atoms with Gasteiger partial charge in [-0.3, -0.25) is 0 Å². The quantitative estimate of drug-likeness (QED) is 0.909. The maximum absolute atomic E-state index is 5.88. The number of imidazole rings is 1. The van der Waals surface area contributed by atoms with Gasteiger partial charge in [0.25, 0.3) is 0 Å². The first-order valence-corrected chi connectivity index (χ1v) is 7.48. The molecular formula is C17H23N3. The Balaban J connectivity index is 2.23. The molecule has 0 saturated carbocycles. The molecule has 0 unspecified atom stereocenters. The number of rotatable bonds is 2. The van der Waals surface area contributed by atoms with Crippen molar-refractivity contribution in [3.8, 4) is 11.3 Å². The van der Waals surface area contributed by atoms with E-state index in [9.17, 15) is 0 Å². The lowest BCUT2D eigenvalue weighted by Gasteiger charge is -2.18. The van der Waals surface area contributed by atoms with Crippen molar-refractivity contribution in [1.82, 2.24) is 9.55 Å². The van der Waals surface area contributed by atoms with Gasteiger partial charge in [-0.05, 0) is 51.2 Å². The number of hydrogen-bond acceptors (Lipinski definition) is 2. The molecule has 2 aromatic rings. The molecule has 20 heavy (non-hydrogen) atoms. The number of aromatic nitrogens is 2. The summed E-state index contributed by atoms with van der Waals surface area (Å²) in [4.78, 5) is 4.87.